The molecule has 0 radical (unpaired) electrons. The highest BCUT2D eigenvalue weighted by Gasteiger charge is 1.97. The molecule has 1 heterocycles. The van der Waals surface area contributed by atoms with E-state index in [1.165, 1.54) is 15.0 Å². The molecule has 0 atom stereocenters. The summed E-state index contributed by atoms with van der Waals surface area (Å²) in [5.74, 6) is 0. The van der Waals surface area contributed by atoms with Crippen LogP contribution in [0.4, 0.5) is 0 Å². The van der Waals surface area contributed by atoms with Crippen LogP contribution in [-0.4, -0.2) is 0 Å². The average molecular weight is 189 g/mol. The van der Waals surface area contributed by atoms with Crippen LogP contribution in [0.1, 0.15) is 4.88 Å². The third-order valence-electron chi connectivity index (χ3n) is 1.93. The van der Waals surface area contributed by atoms with Crippen molar-refractivity contribution >= 4 is 21.4 Å². The van der Waals surface area contributed by atoms with Gasteiger partial charge in [-0.25, -0.2) is 0 Å². The first-order chi connectivity index (χ1) is 6.40. The predicted molar refractivity (Wildman–Crippen MR) is 58.9 cm³/mol. The van der Waals surface area contributed by atoms with Gasteiger partial charge in [0.1, 0.15) is 0 Å². The Morgan fingerprint density at radius 2 is 2.15 bits per heavy atom. The number of rotatable bonds is 2. The van der Waals surface area contributed by atoms with Gasteiger partial charge in [-0.1, -0.05) is 24.3 Å². The molecule has 2 rings (SSSR count). The van der Waals surface area contributed by atoms with Crippen molar-refractivity contribution in [1.82, 2.24) is 0 Å². The minimum absolute atomic E-state index is 0.940. The number of nitrogens with two attached hydrogens (primary N) is 1. The molecule has 0 aliphatic heterocycles. The summed E-state index contributed by atoms with van der Waals surface area (Å²) < 4.78 is 1.35. The zero-order valence-electron chi connectivity index (χ0n) is 7.23. The number of fused-ring (bicyclic) bond motifs is 1. The lowest BCUT2D eigenvalue weighted by Gasteiger charge is -1.84. The van der Waals surface area contributed by atoms with Gasteiger partial charge in [0.25, 0.3) is 0 Å². The summed E-state index contributed by atoms with van der Waals surface area (Å²) in [5.41, 5.74) is 5.29. The molecular formula is C11H11NS. The summed E-state index contributed by atoms with van der Waals surface area (Å²) in [4.78, 5) is 1.36. The maximum absolute atomic E-state index is 5.29. The van der Waals surface area contributed by atoms with E-state index in [9.17, 15) is 0 Å². The second-order valence-electron chi connectivity index (χ2n) is 2.88. The lowest BCUT2D eigenvalue weighted by atomic mass is 10.2. The van der Waals surface area contributed by atoms with Crippen molar-refractivity contribution < 1.29 is 0 Å². The molecular weight excluding hydrogens is 178 g/mol. The minimum atomic E-state index is 0.940. The number of hydrogen-bond acceptors (Lipinski definition) is 2. The smallest absolute Gasteiger partial charge is 0.0345 e. The SMILES string of the molecule is NC=CCc1cc2ccccc2s1. The zero-order chi connectivity index (χ0) is 9.10. The molecule has 0 unspecified atom stereocenters. The Bertz CT molecular complexity index is 395. The molecule has 1 aromatic heterocycles. The third-order valence-corrected chi connectivity index (χ3v) is 3.07. The van der Waals surface area contributed by atoms with Crippen LogP contribution in [0.3, 0.4) is 0 Å². The maximum atomic E-state index is 5.29. The largest absolute Gasteiger partial charge is 0.405 e. The normalized spacial score (nSPS) is 11.4. The van der Waals surface area contributed by atoms with Crippen LogP contribution in [0.2, 0.25) is 0 Å². The van der Waals surface area contributed by atoms with Crippen molar-refractivity contribution in [3.05, 3.63) is 47.5 Å². The van der Waals surface area contributed by atoms with Crippen LogP contribution in [0, 0.1) is 0 Å². The van der Waals surface area contributed by atoms with Crippen LogP contribution in [0.5, 0.6) is 0 Å². The summed E-state index contributed by atoms with van der Waals surface area (Å²) in [7, 11) is 0. The van der Waals surface area contributed by atoms with E-state index in [-0.39, 0.29) is 0 Å². The molecule has 66 valence electrons. The van der Waals surface area contributed by atoms with E-state index >= 15 is 0 Å². The van der Waals surface area contributed by atoms with E-state index in [4.69, 9.17) is 5.73 Å². The highest BCUT2D eigenvalue weighted by Crippen LogP contribution is 2.25. The van der Waals surface area contributed by atoms with E-state index in [0.717, 1.165) is 6.42 Å². The molecule has 0 saturated heterocycles. The van der Waals surface area contributed by atoms with Gasteiger partial charge in [-0.3, -0.25) is 0 Å². The predicted octanol–water partition coefficient (Wildman–Crippen LogP) is 2.92. The Balaban J connectivity index is 2.38. The van der Waals surface area contributed by atoms with E-state index in [1.807, 2.05) is 17.4 Å². The van der Waals surface area contributed by atoms with Crippen molar-refractivity contribution in [1.29, 1.82) is 0 Å². The number of allylic oxidation sites excluding steroid dienone is 1. The lowest BCUT2D eigenvalue weighted by Crippen LogP contribution is -1.78. The van der Waals surface area contributed by atoms with Crippen LogP contribution in [0.15, 0.2) is 42.6 Å². The first-order valence-electron chi connectivity index (χ1n) is 4.24. The number of benzene rings is 1. The van der Waals surface area contributed by atoms with Gasteiger partial charge >= 0.3 is 0 Å². The van der Waals surface area contributed by atoms with Gasteiger partial charge in [-0.05, 0) is 23.7 Å². The first kappa shape index (κ1) is 8.32. The van der Waals surface area contributed by atoms with Crippen molar-refractivity contribution in [3.8, 4) is 0 Å². The second-order valence-corrected chi connectivity index (χ2v) is 4.05. The molecule has 1 nitrogen and oxygen atoms in total. The Morgan fingerprint density at radius 3 is 2.92 bits per heavy atom. The van der Waals surface area contributed by atoms with Crippen LogP contribution in [0.25, 0.3) is 10.1 Å². The van der Waals surface area contributed by atoms with Crippen molar-refractivity contribution in [3.63, 3.8) is 0 Å². The number of hydrogen-bond donors (Lipinski definition) is 1. The van der Waals surface area contributed by atoms with Crippen LogP contribution < -0.4 is 5.73 Å². The van der Waals surface area contributed by atoms with Crippen LogP contribution in [-0.2, 0) is 6.42 Å². The first-order valence-corrected chi connectivity index (χ1v) is 5.06. The molecule has 0 aliphatic carbocycles. The fraction of sp³-hybridized carbons (Fsp3) is 0.0909. The van der Waals surface area contributed by atoms with Crippen molar-refractivity contribution in [2.45, 2.75) is 6.42 Å². The maximum Gasteiger partial charge on any atom is 0.0345 e. The van der Waals surface area contributed by atoms with Gasteiger partial charge in [0.2, 0.25) is 0 Å². The second kappa shape index (κ2) is 3.62. The van der Waals surface area contributed by atoms with Crippen molar-refractivity contribution in [2.24, 2.45) is 5.73 Å². The molecule has 2 N–H and O–H groups in total. The Labute approximate surface area is 81.5 Å². The Kier molecular flexibility index (Phi) is 2.32. The molecule has 0 bridgehead atoms. The van der Waals surface area contributed by atoms with Gasteiger partial charge < -0.3 is 5.73 Å². The van der Waals surface area contributed by atoms with E-state index in [1.54, 1.807) is 6.20 Å². The fourth-order valence-corrected chi connectivity index (χ4v) is 2.36. The molecule has 0 fully saturated rings. The lowest BCUT2D eigenvalue weighted by molar-refractivity contribution is 1.32. The van der Waals surface area contributed by atoms with E-state index in [0.29, 0.717) is 0 Å². The van der Waals surface area contributed by atoms with Gasteiger partial charge in [0.05, 0.1) is 0 Å². The molecule has 0 saturated carbocycles. The molecule has 0 aliphatic rings. The molecule has 2 aromatic rings. The Morgan fingerprint density at radius 1 is 1.31 bits per heavy atom. The molecule has 1 aromatic carbocycles. The standard InChI is InChI=1S/C11H11NS/c12-7-3-5-10-8-9-4-1-2-6-11(9)13-10/h1-4,6-8H,5,12H2. The monoisotopic (exact) mass is 189 g/mol. The van der Waals surface area contributed by atoms with Gasteiger partial charge in [0, 0.05) is 16.0 Å². The summed E-state index contributed by atoms with van der Waals surface area (Å²) in [6.45, 7) is 0. The third kappa shape index (κ3) is 1.73. The van der Waals surface area contributed by atoms with Crippen molar-refractivity contribution in [2.75, 3.05) is 0 Å². The quantitative estimate of drug-likeness (QED) is 0.772. The fourth-order valence-electron chi connectivity index (χ4n) is 1.32. The van der Waals surface area contributed by atoms with Crippen LogP contribution >= 0.6 is 11.3 Å². The topological polar surface area (TPSA) is 26.0 Å². The summed E-state index contributed by atoms with van der Waals surface area (Å²) in [6.07, 6.45) is 4.52. The van der Waals surface area contributed by atoms with E-state index in [2.05, 4.69) is 30.3 Å². The summed E-state index contributed by atoms with van der Waals surface area (Å²) in [6, 6.07) is 10.6. The molecule has 0 amide bonds. The van der Waals surface area contributed by atoms with Gasteiger partial charge in [-0.15, -0.1) is 11.3 Å². The minimum Gasteiger partial charge on any atom is -0.405 e. The van der Waals surface area contributed by atoms with E-state index < -0.39 is 0 Å². The number of thiophene rings is 1. The summed E-state index contributed by atoms with van der Waals surface area (Å²) in [5, 5.41) is 1.33. The highest BCUT2D eigenvalue weighted by atomic mass is 32.1. The molecule has 13 heavy (non-hydrogen) atoms. The van der Waals surface area contributed by atoms with Gasteiger partial charge in [0.15, 0.2) is 0 Å². The highest BCUT2D eigenvalue weighted by molar-refractivity contribution is 7.19. The molecule has 0 spiro atoms. The molecule has 2 heteroatoms. The summed E-state index contributed by atoms with van der Waals surface area (Å²) >= 11 is 1.83. The Hall–Kier alpha value is -1.28. The average Bonchev–Trinajstić information content (AvgIpc) is 2.57. The van der Waals surface area contributed by atoms with Gasteiger partial charge in [-0.2, -0.15) is 0 Å². The zero-order valence-corrected chi connectivity index (χ0v) is 8.05.